The largest absolute Gasteiger partial charge is 0.550 e. The molecule has 0 atom stereocenters. The number of rotatable bonds is 8. The molecule has 0 saturated heterocycles. The number of hydrogen-bond acceptors (Lipinski definition) is 7. The Hall–Kier alpha value is -3.43. The second-order valence-electron chi connectivity index (χ2n) is 5.22. The third-order valence-electron chi connectivity index (χ3n) is 3.56. The van der Waals surface area contributed by atoms with Crippen LogP contribution in [0.4, 0.5) is 5.69 Å². The van der Waals surface area contributed by atoms with Gasteiger partial charge in [-0.2, -0.15) is 0 Å². The molecule has 2 aromatic rings. The number of benzene rings is 1. The Morgan fingerprint density at radius 3 is 2.48 bits per heavy atom. The monoisotopic (exact) mass is 347 g/mol. The summed E-state index contributed by atoms with van der Waals surface area (Å²) >= 11 is 0. The fourth-order valence-electron chi connectivity index (χ4n) is 2.41. The number of aromatic amines is 1. The predicted molar refractivity (Wildman–Crippen MR) is 80.2 cm³/mol. The summed E-state index contributed by atoms with van der Waals surface area (Å²) < 4.78 is 0. The number of carbonyl (C=O) groups excluding carboxylic acids is 3. The van der Waals surface area contributed by atoms with Crippen molar-refractivity contribution in [3.63, 3.8) is 0 Å². The Kier molecular flexibility index (Phi) is 5.32. The highest BCUT2D eigenvalue weighted by Gasteiger charge is 2.16. The first-order chi connectivity index (χ1) is 11.8. The zero-order chi connectivity index (χ0) is 18.6. The van der Waals surface area contributed by atoms with Crippen molar-refractivity contribution in [1.82, 2.24) is 10.3 Å². The van der Waals surface area contributed by atoms with Gasteiger partial charge in [0.05, 0.1) is 16.6 Å². The summed E-state index contributed by atoms with van der Waals surface area (Å²) in [4.78, 5) is 45.9. The van der Waals surface area contributed by atoms with Gasteiger partial charge < -0.3 is 30.1 Å². The molecule has 1 aromatic carbocycles. The second kappa shape index (κ2) is 7.43. The fraction of sp³-hybridized carbons (Fsp3) is 0.267. The Balaban J connectivity index is 2.20. The maximum absolute atomic E-state index is 11.5. The Morgan fingerprint density at radius 2 is 1.88 bits per heavy atom. The Labute approximate surface area is 140 Å². The van der Waals surface area contributed by atoms with E-state index in [-0.39, 0.29) is 36.3 Å². The number of fused-ring (bicyclic) bond motifs is 1. The minimum absolute atomic E-state index is 0.0296. The quantitative estimate of drug-likeness (QED) is 0.438. The van der Waals surface area contributed by atoms with E-state index in [2.05, 4.69) is 10.3 Å². The molecule has 0 spiro atoms. The lowest BCUT2D eigenvalue weighted by Crippen LogP contribution is -2.29. The number of aromatic nitrogens is 1. The number of nitro groups is 1. The van der Waals surface area contributed by atoms with Crippen molar-refractivity contribution in [1.29, 1.82) is 0 Å². The van der Waals surface area contributed by atoms with Crippen LogP contribution in [-0.4, -0.2) is 34.3 Å². The molecular weight excluding hydrogens is 334 g/mol. The standard InChI is InChI=1S/C15H15N3O7/c19-12(3-4-13(20)21)16-6-5-9-10-7-8(18(24)25)1-2-11(10)17-14(9)15(22)23/h1-2,7,17H,3-6H2,(H,16,19)(H,20,21)(H,22,23)/p-2. The number of carbonyl (C=O) groups is 3. The molecule has 1 amide bonds. The van der Waals surface area contributed by atoms with Crippen LogP contribution < -0.4 is 15.5 Å². The second-order valence-corrected chi connectivity index (χ2v) is 5.22. The van der Waals surface area contributed by atoms with Gasteiger partial charge in [-0.3, -0.25) is 14.9 Å². The van der Waals surface area contributed by atoms with Crippen molar-refractivity contribution < 1.29 is 29.5 Å². The van der Waals surface area contributed by atoms with Gasteiger partial charge in [0.2, 0.25) is 5.91 Å². The van der Waals surface area contributed by atoms with Crippen LogP contribution in [0, 0.1) is 10.1 Å². The van der Waals surface area contributed by atoms with Gasteiger partial charge in [-0.05, 0) is 24.5 Å². The molecule has 10 nitrogen and oxygen atoms in total. The molecular formula is C15H13N3O7-2. The van der Waals surface area contributed by atoms with Crippen LogP contribution in [-0.2, 0) is 16.0 Å². The number of hydrogen-bond donors (Lipinski definition) is 2. The molecule has 0 fully saturated rings. The lowest BCUT2D eigenvalue weighted by atomic mass is 10.1. The van der Waals surface area contributed by atoms with Gasteiger partial charge in [-0.25, -0.2) is 0 Å². The average Bonchev–Trinajstić information content (AvgIpc) is 2.91. The van der Waals surface area contributed by atoms with E-state index in [0.717, 1.165) is 0 Å². The molecule has 25 heavy (non-hydrogen) atoms. The first-order valence-electron chi connectivity index (χ1n) is 7.26. The number of aliphatic carboxylic acids is 1. The van der Waals surface area contributed by atoms with Crippen LogP contribution in [0.2, 0.25) is 0 Å². The highest BCUT2D eigenvalue weighted by atomic mass is 16.6. The molecule has 0 bridgehead atoms. The van der Waals surface area contributed by atoms with Gasteiger partial charge in [0, 0.05) is 42.0 Å². The molecule has 0 aliphatic heterocycles. The molecule has 0 radical (unpaired) electrons. The lowest BCUT2D eigenvalue weighted by Gasteiger charge is -2.08. The van der Waals surface area contributed by atoms with Crippen molar-refractivity contribution in [2.45, 2.75) is 19.3 Å². The minimum atomic E-state index is -1.47. The maximum Gasteiger partial charge on any atom is 0.270 e. The fourth-order valence-corrected chi connectivity index (χ4v) is 2.41. The Morgan fingerprint density at radius 1 is 1.16 bits per heavy atom. The van der Waals surface area contributed by atoms with Crippen LogP contribution in [0.1, 0.15) is 28.9 Å². The highest BCUT2D eigenvalue weighted by molar-refractivity contribution is 5.97. The van der Waals surface area contributed by atoms with Crippen LogP contribution in [0.25, 0.3) is 10.9 Å². The SMILES string of the molecule is O=C([O-])CCC(=O)NCCc1c(C(=O)[O-])[nH]c2ccc([N+](=O)[O-])cc12. The van der Waals surface area contributed by atoms with E-state index in [1.165, 1.54) is 18.2 Å². The van der Waals surface area contributed by atoms with Crippen molar-refractivity contribution in [2.24, 2.45) is 0 Å². The zero-order valence-corrected chi connectivity index (χ0v) is 12.9. The van der Waals surface area contributed by atoms with Crippen molar-refractivity contribution in [3.8, 4) is 0 Å². The number of H-pyrrole nitrogens is 1. The average molecular weight is 347 g/mol. The normalized spacial score (nSPS) is 10.6. The van der Waals surface area contributed by atoms with Crippen LogP contribution in [0.3, 0.4) is 0 Å². The van der Waals surface area contributed by atoms with E-state index in [1.807, 2.05) is 0 Å². The van der Waals surface area contributed by atoms with E-state index in [9.17, 15) is 34.7 Å². The van der Waals surface area contributed by atoms with Crippen molar-refractivity contribution in [3.05, 3.63) is 39.6 Å². The number of aromatic carboxylic acids is 1. The molecule has 0 aliphatic rings. The van der Waals surface area contributed by atoms with Gasteiger partial charge in [-0.1, -0.05) is 0 Å². The van der Waals surface area contributed by atoms with Crippen molar-refractivity contribution >= 4 is 34.4 Å². The molecule has 0 aliphatic carbocycles. The third-order valence-corrected chi connectivity index (χ3v) is 3.56. The van der Waals surface area contributed by atoms with E-state index >= 15 is 0 Å². The molecule has 10 heteroatoms. The summed E-state index contributed by atoms with van der Waals surface area (Å²) in [5, 5.41) is 35.2. The predicted octanol–water partition coefficient (Wildman–Crippen LogP) is -1.37. The van der Waals surface area contributed by atoms with Crippen LogP contribution in [0.5, 0.6) is 0 Å². The Bertz CT molecular complexity index is 856. The molecule has 1 aromatic heterocycles. The number of amides is 1. The van der Waals surface area contributed by atoms with Gasteiger partial charge >= 0.3 is 0 Å². The molecule has 0 unspecified atom stereocenters. The van der Waals surface area contributed by atoms with Crippen molar-refractivity contribution in [2.75, 3.05) is 6.54 Å². The van der Waals surface area contributed by atoms with E-state index in [1.54, 1.807) is 0 Å². The van der Waals surface area contributed by atoms with Gasteiger partial charge in [0.25, 0.3) is 5.69 Å². The van der Waals surface area contributed by atoms with E-state index in [0.29, 0.717) is 10.9 Å². The summed E-state index contributed by atoms with van der Waals surface area (Å²) in [6, 6.07) is 3.87. The van der Waals surface area contributed by atoms with Crippen LogP contribution >= 0.6 is 0 Å². The van der Waals surface area contributed by atoms with Gasteiger partial charge in [0.15, 0.2) is 0 Å². The number of carboxylic acids is 2. The summed E-state index contributed by atoms with van der Waals surface area (Å²) in [7, 11) is 0. The zero-order valence-electron chi connectivity index (χ0n) is 12.9. The smallest absolute Gasteiger partial charge is 0.270 e. The lowest BCUT2D eigenvalue weighted by molar-refractivity contribution is -0.384. The molecule has 0 saturated carbocycles. The summed E-state index contributed by atoms with van der Waals surface area (Å²) in [5.41, 5.74) is 0.233. The summed E-state index contributed by atoms with van der Waals surface area (Å²) in [5.74, 6) is -3.35. The third kappa shape index (κ3) is 4.31. The summed E-state index contributed by atoms with van der Waals surface area (Å²) in [6.07, 6.45) is -0.605. The number of nitro benzene ring substituents is 1. The maximum atomic E-state index is 11.5. The molecule has 2 rings (SSSR count). The number of nitrogens with one attached hydrogen (secondary N) is 2. The summed E-state index contributed by atoms with van der Waals surface area (Å²) in [6.45, 7) is 0.0296. The first kappa shape index (κ1) is 17.9. The van der Waals surface area contributed by atoms with E-state index in [4.69, 9.17) is 0 Å². The van der Waals surface area contributed by atoms with Crippen LogP contribution in [0.15, 0.2) is 18.2 Å². The first-order valence-corrected chi connectivity index (χ1v) is 7.26. The minimum Gasteiger partial charge on any atom is -0.550 e. The molecule has 132 valence electrons. The number of carboxylic acid groups (broad SMARTS) is 2. The van der Waals surface area contributed by atoms with Gasteiger partial charge in [-0.15, -0.1) is 0 Å². The number of nitrogens with zero attached hydrogens (tertiary/aromatic N) is 1. The highest BCUT2D eigenvalue weighted by Crippen LogP contribution is 2.26. The molecule has 1 heterocycles. The topological polar surface area (TPSA) is 168 Å². The van der Waals surface area contributed by atoms with E-state index < -0.39 is 29.2 Å². The molecule has 2 N–H and O–H groups in total. The van der Waals surface area contributed by atoms with Gasteiger partial charge in [0.1, 0.15) is 0 Å². The number of non-ortho nitro benzene ring substituents is 1.